The zero-order chi connectivity index (χ0) is 25.7. The number of halogens is 1. The molecule has 0 aromatic heterocycles. The van der Waals surface area contributed by atoms with Crippen LogP contribution in [0.25, 0.3) is 0 Å². The molecule has 4 rings (SSSR count). The number of esters is 1. The number of carbonyl (C=O) groups is 3. The summed E-state index contributed by atoms with van der Waals surface area (Å²) >= 11 is 6.19. The highest BCUT2D eigenvalue weighted by molar-refractivity contribution is 6.30. The van der Waals surface area contributed by atoms with Crippen molar-refractivity contribution in [2.45, 2.75) is 45.4 Å². The molecule has 0 bridgehead atoms. The third kappa shape index (κ3) is 5.98. The molecule has 0 N–H and O–H groups in total. The summed E-state index contributed by atoms with van der Waals surface area (Å²) in [6.07, 6.45) is 2.98. The summed E-state index contributed by atoms with van der Waals surface area (Å²) in [5.74, 6) is -0.659. The first-order valence-corrected chi connectivity index (χ1v) is 13.0. The average Bonchev–Trinajstić information content (AvgIpc) is 2.87. The van der Waals surface area contributed by atoms with Gasteiger partial charge < -0.3 is 14.5 Å². The van der Waals surface area contributed by atoms with E-state index in [-0.39, 0.29) is 31.4 Å². The number of ether oxygens (including phenoxy) is 1. The van der Waals surface area contributed by atoms with E-state index in [0.29, 0.717) is 35.3 Å². The topological polar surface area (TPSA) is 66.9 Å². The second-order valence-electron chi connectivity index (χ2n) is 9.53. The van der Waals surface area contributed by atoms with Gasteiger partial charge in [-0.3, -0.25) is 9.59 Å². The van der Waals surface area contributed by atoms with Crippen LogP contribution in [-0.2, 0) is 25.5 Å². The maximum absolute atomic E-state index is 13.2. The van der Waals surface area contributed by atoms with Gasteiger partial charge in [-0.1, -0.05) is 54.1 Å². The third-order valence-electron chi connectivity index (χ3n) is 7.20. The highest BCUT2D eigenvalue weighted by Gasteiger charge is 2.38. The van der Waals surface area contributed by atoms with E-state index in [0.717, 1.165) is 24.8 Å². The maximum Gasteiger partial charge on any atom is 0.336 e. The Morgan fingerprint density at radius 1 is 1.06 bits per heavy atom. The van der Waals surface area contributed by atoms with E-state index in [1.807, 2.05) is 17.0 Å². The number of hydrogen-bond donors (Lipinski definition) is 0. The molecule has 0 saturated carbocycles. The van der Waals surface area contributed by atoms with Crippen molar-refractivity contribution < 1.29 is 19.1 Å². The Morgan fingerprint density at radius 3 is 2.44 bits per heavy atom. The van der Waals surface area contributed by atoms with Gasteiger partial charge in [-0.05, 0) is 62.3 Å². The third-order valence-corrected chi connectivity index (χ3v) is 7.43. The van der Waals surface area contributed by atoms with Crippen LogP contribution in [0.4, 0.5) is 0 Å². The van der Waals surface area contributed by atoms with E-state index in [1.165, 1.54) is 10.5 Å². The number of carbonyl (C=O) groups excluding carboxylic acids is 3. The van der Waals surface area contributed by atoms with Crippen LogP contribution in [0.3, 0.4) is 0 Å². The minimum Gasteiger partial charge on any atom is -0.463 e. The Kier molecular flexibility index (Phi) is 8.47. The normalized spacial score (nSPS) is 19.0. The zero-order valence-electron chi connectivity index (χ0n) is 20.9. The van der Waals surface area contributed by atoms with Crippen molar-refractivity contribution in [3.63, 3.8) is 0 Å². The quantitative estimate of drug-likeness (QED) is 0.495. The second kappa shape index (κ2) is 11.7. The Hall–Kier alpha value is -3.12. The zero-order valence-corrected chi connectivity index (χ0v) is 21.7. The predicted octanol–water partition coefficient (Wildman–Crippen LogP) is 4.97. The van der Waals surface area contributed by atoms with Crippen molar-refractivity contribution in [1.29, 1.82) is 0 Å². The van der Waals surface area contributed by atoms with Gasteiger partial charge in [0.2, 0.25) is 11.8 Å². The van der Waals surface area contributed by atoms with Crippen molar-refractivity contribution in [3.8, 4) is 0 Å². The van der Waals surface area contributed by atoms with Crippen LogP contribution in [0.5, 0.6) is 0 Å². The summed E-state index contributed by atoms with van der Waals surface area (Å²) in [5, 5.41) is 0.536. The number of benzene rings is 2. The molecule has 2 aliphatic rings. The number of hydrogen-bond acceptors (Lipinski definition) is 4. The summed E-state index contributed by atoms with van der Waals surface area (Å²) in [7, 11) is 0. The molecule has 7 heteroatoms. The molecule has 1 atom stereocenters. The Morgan fingerprint density at radius 2 is 1.78 bits per heavy atom. The molecule has 1 saturated heterocycles. The first-order chi connectivity index (χ1) is 17.4. The number of nitrogens with zero attached hydrogens (tertiary/aromatic N) is 2. The van der Waals surface area contributed by atoms with Crippen LogP contribution in [-0.4, -0.2) is 53.8 Å². The van der Waals surface area contributed by atoms with Crippen LogP contribution in [0, 0.1) is 5.92 Å². The van der Waals surface area contributed by atoms with Gasteiger partial charge >= 0.3 is 5.97 Å². The summed E-state index contributed by atoms with van der Waals surface area (Å²) in [5.41, 5.74) is 2.99. The molecule has 36 heavy (non-hydrogen) atoms. The number of allylic oxidation sites excluding steroid dienone is 1. The highest BCUT2D eigenvalue weighted by atomic mass is 35.5. The molecule has 2 aromatic rings. The SMILES string of the molecule is CCOC(=O)C1=C(C)N(CC(=O)N2CCC(Cc3ccccc3)CC2)C(=O)CC1c1cccc(Cl)c1. The first-order valence-electron chi connectivity index (χ1n) is 12.6. The van der Waals surface area contributed by atoms with Crippen molar-refractivity contribution in [3.05, 3.63) is 82.0 Å². The summed E-state index contributed by atoms with van der Waals surface area (Å²) in [6.45, 7) is 4.98. The molecule has 0 spiro atoms. The average molecular weight is 509 g/mol. The largest absolute Gasteiger partial charge is 0.463 e. The molecule has 2 amide bonds. The lowest BCUT2D eigenvalue weighted by molar-refractivity contribution is -0.143. The number of rotatable bonds is 7. The fourth-order valence-electron chi connectivity index (χ4n) is 5.25. The molecule has 1 unspecified atom stereocenters. The molecule has 0 aliphatic carbocycles. The number of piperidine rings is 1. The van der Waals surface area contributed by atoms with Gasteiger partial charge in [0.15, 0.2) is 0 Å². The summed E-state index contributed by atoms with van der Waals surface area (Å²) < 4.78 is 5.34. The summed E-state index contributed by atoms with van der Waals surface area (Å²) in [4.78, 5) is 42.7. The molecule has 190 valence electrons. The number of likely N-dealkylation sites (tertiary alicyclic amines) is 1. The van der Waals surface area contributed by atoms with E-state index in [2.05, 4.69) is 24.3 Å². The van der Waals surface area contributed by atoms with E-state index in [4.69, 9.17) is 16.3 Å². The van der Waals surface area contributed by atoms with Crippen LogP contribution in [0.15, 0.2) is 65.9 Å². The van der Waals surface area contributed by atoms with Gasteiger partial charge in [-0.15, -0.1) is 0 Å². The van der Waals surface area contributed by atoms with Crippen molar-refractivity contribution in [1.82, 2.24) is 9.80 Å². The molecular weight excluding hydrogens is 476 g/mol. The van der Waals surface area contributed by atoms with Crippen LogP contribution in [0.2, 0.25) is 5.02 Å². The maximum atomic E-state index is 13.2. The Balaban J connectivity index is 1.47. The lowest BCUT2D eigenvalue weighted by Gasteiger charge is -2.37. The molecule has 0 radical (unpaired) electrons. The van der Waals surface area contributed by atoms with Crippen molar-refractivity contribution >= 4 is 29.4 Å². The Labute approximate surface area is 217 Å². The molecule has 2 heterocycles. The first kappa shape index (κ1) is 26.0. The standard InChI is InChI=1S/C29H33ClN2O4/c1-3-36-29(35)28-20(2)32(26(33)18-25(28)23-10-7-11-24(30)17-23)19-27(34)31-14-12-22(13-15-31)16-21-8-5-4-6-9-21/h4-11,17,22,25H,3,12-16,18-19H2,1-2H3. The van der Waals surface area contributed by atoms with Gasteiger partial charge in [-0.25, -0.2) is 4.79 Å². The predicted molar refractivity (Wildman–Crippen MR) is 139 cm³/mol. The summed E-state index contributed by atoms with van der Waals surface area (Å²) in [6, 6.07) is 17.6. The van der Waals surface area contributed by atoms with E-state index < -0.39 is 11.9 Å². The van der Waals surface area contributed by atoms with Crippen LogP contribution in [0.1, 0.15) is 50.2 Å². The minimum absolute atomic E-state index is 0.0702. The molecule has 1 fully saturated rings. The van der Waals surface area contributed by atoms with Gasteiger partial charge in [0.25, 0.3) is 0 Å². The highest BCUT2D eigenvalue weighted by Crippen LogP contribution is 2.38. The monoisotopic (exact) mass is 508 g/mol. The fourth-order valence-corrected chi connectivity index (χ4v) is 5.45. The Bertz CT molecular complexity index is 1140. The minimum atomic E-state index is -0.466. The van der Waals surface area contributed by atoms with E-state index >= 15 is 0 Å². The van der Waals surface area contributed by atoms with E-state index in [9.17, 15) is 14.4 Å². The van der Waals surface area contributed by atoms with Crippen molar-refractivity contribution in [2.75, 3.05) is 26.2 Å². The van der Waals surface area contributed by atoms with Gasteiger partial charge in [0.05, 0.1) is 12.2 Å². The molecule has 2 aromatic carbocycles. The smallest absolute Gasteiger partial charge is 0.336 e. The van der Waals surface area contributed by atoms with Crippen molar-refractivity contribution in [2.24, 2.45) is 5.92 Å². The lowest BCUT2D eigenvalue weighted by atomic mass is 9.83. The van der Waals surface area contributed by atoms with Gasteiger partial charge in [-0.2, -0.15) is 0 Å². The van der Waals surface area contributed by atoms with Gasteiger partial charge in [0, 0.05) is 36.1 Å². The van der Waals surface area contributed by atoms with E-state index in [1.54, 1.807) is 32.0 Å². The molecule has 2 aliphatic heterocycles. The van der Waals surface area contributed by atoms with Crippen LogP contribution >= 0.6 is 11.6 Å². The van der Waals surface area contributed by atoms with Crippen LogP contribution < -0.4 is 0 Å². The second-order valence-corrected chi connectivity index (χ2v) is 9.96. The number of amides is 2. The molecule has 6 nitrogen and oxygen atoms in total. The molecular formula is C29H33ClN2O4. The van der Waals surface area contributed by atoms with Gasteiger partial charge in [0.1, 0.15) is 6.54 Å². The fraction of sp³-hybridized carbons (Fsp3) is 0.414. The lowest BCUT2D eigenvalue weighted by Crippen LogP contribution is -2.47.